The van der Waals surface area contributed by atoms with E-state index in [1.807, 2.05) is 34.4 Å². The van der Waals surface area contributed by atoms with Crippen LogP contribution < -0.4 is 0 Å². The number of benzene rings is 1. The lowest BCUT2D eigenvalue weighted by Gasteiger charge is -2.08. The third kappa shape index (κ3) is 2.32. The maximum absolute atomic E-state index is 9.39. The van der Waals surface area contributed by atoms with Gasteiger partial charge in [-0.3, -0.25) is 0 Å². The maximum Gasteiger partial charge on any atom is 0.0772 e. The smallest absolute Gasteiger partial charge is 0.0772 e. The third-order valence-electron chi connectivity index (χ3n) is 1.67. The molecule has 0 fully saturated rings. The number of hydrogen-bond acceptors (Lipinski definition) is 1. The summed E-state index contributed by atoms with van der Waals surface area (Å²) in [6.45, 7) is 1.78. The van der Waals surface area contributed by atoms with Crippen LogP contribution in [0, 0.1) is 0 Å². The molecule has 0 bridgehead atoms. The van der Waals surface area contributed by atoms with Gasteiger partial charge in [0, 0.05) is 0 Å². The molecule has 0 aromatic heterocycles. The fourth-order valence-corrected chi connectivity index (χ4v) is 1.91. The standard InChI is InChI=1S/C10H11IO/c1-8(12)10(7-11)9-5-3-2-4-6-9/h2-8,12H,1H3/t8-/m0/s1. The zero-order valence-corrected chi connectivity index (χ0v) is 9.02. The first kappa shape index (κ1) is 9.74. The Morgan fingerprint density at radius 3 is 2.42 bits per heavy atom. The molecule has 0 radical (unpaired) electrons. The largest absolute Gasteiger partial charge is 0.389 e. The normalized spacial score (nSPS) is 14.4. The summed E-state index contributed by atoms with van der Waals surface area (Å²) in [7, 11) is 0. The van der Waals surface area contributed by atoms with Gasteiger partial charge in [-0.15, -0.1) is 0 Å². The van der Waals surface area contributed by atoms with Gasteiger partial charge in [-0.05, 0) is 22.1 Å². The Kier molecular flexibility index (Phi) is 3.75. The van der Waals surface area contributed by atoms with Crippen molar-refractivity contribution in [1.82, 2.24) is 0 Å². The second kappa shape index (κ2) is 4.62. The summed E-state index contributed by atoms with van der Waals surface area (Å²) in [4.78, 5) is 0. The van der Waals surface area contributed by atoms with Crippen molar-refractivity contribution in [3.8, 4) is 0 Å². The van der Waals surface area contributed by atoms with Crippen molar-refractivity contribution in [2.24, 2.45) is 0 Å². The molecular weight excluding hydrogens is 263 g/mol. The Morgan fingerprint density at radius 2 is 2.00 bits per heavy atom. The molecule has 2 heteroatoms. The molecule has 0 aliphatic rings. The Hall–Kier alpha value is -0.350. The zero-order valence-electron chi connectivity index (χ0n) is 6.87. The Morgan fingerprint density at radius 1 is 1.42 bits per heavy atom. The molecule has 1 nitrogen and oxygen atoms in total. The number of aliphatic hydroxyl groups is 1. The molecular formula is C10H11IO. The Bertz CT molecular complexity index is 264. The van der Waals surface area contributed by atoms with E-state index in [-0.39, 0.29) is 0 Å². The maximum atomic E-state index is 9.39. The molecule has 0 amide bonds. The van der Waals surface area contributed by atoms with Gasteiger partial charge in [0.25, 0.3) is 0 Å². The van der Waals surface area contributed by atoms with E-state index < -0.39 is 6.10 Å². The van der Waals surface area contributed by atoms with Crippen LogP contribution in [0.5, 0.6) is 0 Å². The molecule has 0 aliphatic carbocycles. The predicted molar refractivity (Wildman–Crippen MR) is 60.1 cm³/mol. The van der Waals surface area contributed by atoms with Gasteiger partial charge in [0.1, 0.15) is 0 Å². The van der Waals surface area contributed by atoms with Gasteiger partial charge in [0.05, 0.1) is 6.10 Å². The van der Waals surface area contributed by atoms with E-state index in [2.05, 4.69) is 22.6 Å². The Balaban J connectivity index is 2.97. The van der Waals surface area contributed by atoms with Gasteiger partial charge in [0.15, 0.2) is 0 Å². The van der Waals surface area contributed by atoms with Crippen LogP contribution in [0.2, 0.25) is 0 Å². The average Bonchev–Trinajstić information content (AvgIpc) is 2.07. The predicted octanol–water partition coefficient (Wildman–Crippen LogP) is 2.84. The summed E-state index contributed by atoms with van der Waals surface area (Å²) in [6.07, 6.45) is -0.399. The minimum atomic E-state index is -0.399. The highest BCUT2D eigenvalue weighted by Gasteiger charge is 2.05. The number of rotatable bonds is 2. The minimum absolute atomic E-state index is 0.399. The van der Waals surface area contributed by atoms with E-state index in [9.17, 15) is 5.11 Å². The SMILES string of the molecule is C[C@H](O)C(=CI)c1ccccc1. The summed E-state index contributed by atoms with van der Waals surface area (Å²) in [5.41, 5.74) is 2.05. The molecule has 0 spiro atoms. The van der Waals surface area contributed by atoms with Crippen LogP contribution in [0.1, 0.15) is 12.5 Å². The van der Waals surface area contributed by atoms with Crippen LogP contribution in [0.15, 0.2) is 34.4 Å². The summed E-state index contributed by atoms with van der Waals surface area (Å²) in [5.74, 6) is 0. The molecule has 0 saturated heterocycles. The summed E-state index contributed by atoms with van der Waals surface area (Å²) >= 11 is 2.15. The second-order valence-electron chi connectivity index (χ2n) is 2.61. The highest BCUT2D eigenvalue weighted by molar-refractivity contribution is 14.1. The van der Waals surface area contributed by atoms with Gasteiger partial charge in [-0.1, -0.05) is 52.9 Å². The molecule has 0 unspecified atom stereocenters. The van der Waals surface area contributed by atoms with Gasteiger partial charge >= 0.3 is 0 Å². The quantitative estimate of drug-likeness (QED) is 0.822. The van der Waals surface area contributed by atoms with E-state index in [0.717, 1.165) is 11.1 Å². The molecule has 0 heterocycles. The monoisotopic (exact) mass is 274 g/mol. The van der Waals surface area contributed by atoms with E-state index in [1.54, 1.807) is 6.92 Å². The van der Waals surface area contributed by atoms with Gasteiger partial charge in [0.2, 0.25) is 0 Å². The van der Waals surface area contributed by atoms with Crippen LogP contribution >= 0.6 is 22.6 Å². The lowest BCUT2D eigenvalue weighted by molar-refractivity contribution is 0.253. The van der Waals surface area contributed by atoms with Crippen LogP contribution in [-0.2, 0) is 0 Å². The molecule has 1 aromatic rings. The lowest BCUT2D eigenvalue weighted by atomic mass is 10.0. The van der Waals surface area contributed by atoms with Crippen LogP contribution in [0.25, 0.3) is 5.57 Å². The first-order valence-electron chi connectivity index (χ1n) is 3.79. The minimum Gasteiger partial charge on any atom is -0.389 e. The molecule has 12 heavy (non-hydrogen) atoms. The van der Waals surface area contributed by atoms with Crippen molar-refractivity contribution in [2.45, 2.75) is 13.0 Å². The van der Waals surface area contributed by atoms with E-state index in [1.165, 1.54) is 0 Å². The van der Waals surface area contributed by atoms with Gasteiger partial charge in [-0.2, -0.15) is 0 Å². The second-order valence-corrected chi connectivity index (χ2v) is 3.23. The van der Waals surface area contributed by atoms with Crippen molar-refractivity contribution in [1.29, 1.82) is 0 Å². The molecule has 0 aliphatic heterocycles. The topological polar surface area (TPSA) is 20.2 Å². The first-order chi connectivity index (χ1) is 5.75. The highest BCUT2D eigenvalue weighted by Crippen LogP contribution is 2.19. The number of halogens is 1. The van der Waals surface area contributed by atoms with E-state index >= 15 is 0 Å². The fraction of sp³-hybridized carbons (Fsp3) is 0.200. The molecule has 64 valence electrons. The van der Waals surface area contributed by atoms with E-state index in [4.69, 9.17) is 0 Å². The van der Waals surface area contributed by atoms with Crippen molar-refractivity contribution < 1.29 is 5.11 Å². The van der Waals surface area contributed by atoms with Crippen LogP contribution in [-0.4, -0.2) is 11.2 Å². The molecule has 0 saturated carbocycles. The van der Waals surface area contributed by atoms with Gasteiger partial charge in [-0.25, -0.2) is 0 Å². The van der Waals surface area contributed by atoms with Crippen molar-refractivity contribution in [2.75, 3.05) is 0 Å². The Labute approximate surface area is 86.3 Å². The van der Waals surface area contributed by atoms with Crippen molar-refractivity contribution >= 4 is 28.2 Å². The summed E-state index contributed by atoms with van der Waals surface area (Å²) < 4.78 is 1.91. The molecule has 1 N–H and O–H groups in total. The zero-order chi connectivity index (χ0) is 8.97. The first-order valence-corrected chi connectivity index (χ1v) is 5.04. The number of hydrogen-bond donors (Lipinski definition) is 1. The third-order valence-corrected chi connectivity index (χ3v) is 2.35. The molecule has 1 atom stereocenters. The molecule has 1 rings (SSSR count). The number of aliphatic hydroxyl groups excluding tert-OH is 1. The highest BCUT2D eigenvalue weighted by atomic mass is 127. The van der Waals surface area contributed by atoms with Crippen LogP contribution in [0.3, 0.4) is 0 Å². The fourth-order valence-electron chi connectivity index (χ4n) is 1.03. The van der Waals surface area contributed by atoms with Gasteiger partial charge < -0.3 is 5.11 Å². The van der Waals surface area contributed by atoms with Crippen LogP contribution in [0.4, 0.5) is 0 Å². The lowest BCUT2D eigenvalue weighted by Crippen LogP contribution is -2.02. The van der Waals surface area contributed by atoms with E-state index in [0.29, 0.717) is 0 Å². The average molecular weight is 274 g/mol. The molecule has 1 aromatic carbocycles. The van der Waals surface area contributed by atoms with Crippen molar-refractivity contribution in [3.63, 3.8) is 0 Å². The summed E-state index contributed by atoms with van der Waals surface area (Å²) in [6, 6.07) is 9.90. The summed E-state index contributed by atoms with van der Waals surface area (Å²) in [5, 5.41) is 9.39. The van der Waals surface area contributed by atoms with Crippen molar-refractivity contribution in [3.05, 3.63) is 40.0 Å².